The number of fused-ring (bicyclic) bond motifs is 6. The Kier molecular flexibility index (Phi) is 7.92. The molecule has 2 heterocycles. The highest BCUT2D eigenvalue weighted by atomic mass is 16.3. The van der Waals surface area contributed by atoms with E-state index >= 15 is 0 Å². The number of hydrogen-bond acceptors (Lipinski definition) is 4. The van der Waals surface area contributed by atoms with Crippen LogP contribution in [0.4, 0.5) is 0 Å². The van der Waals surface area contributed by atoms with Crippen molar-refractivity contribution in [1.29, 1.82) is 0 Å². The summed E-state index contributed by atoms with van der Waals surface area (Å²) in [6.45, 7) is 0. The monoisotopic (exact) mass is 729 g/mol. The van der Waals surface area contributed by atoms with E-state index in [-0.39, 0.29) is 5.92 Å². The smallest absolute Gasteiger partial charge is 0.164 e. The molecule has 0 N–H and O–H groups in total. The van der Waals surface area contributed by atoms with Gasteiger partial charge in [0.05, 0.1) is 0 Å². The highest BCUT2D eigenvalue weighted by Gasteiger charge is 2.31. The van der Waals surface area contributed by atoms with E-state index in [2.05, 4.69) is 127 Å². The van der Waals surface area contributed by atoms with Gasteiger partial charge in [-0.25, -0.2) is 15.0 Å². The zero-order valence-corrected chi connectivity index (χ0v) is 31.0. The molecule has 0 spiro atoms. The number of hydrogen-bond donors (Lipinski definition) is 0. The van der Waals surface area contributed by atoms with Crippen molar-refractivity contribution in [2.45, 2.75) is 5.92 Å². The number of aromatic nitrogens is 3. The Bertz CT molecular complexity index is 3020. The van der Waals surface area contributed by atoms with Gasteiger partial charge in [0.1, 0.15) is 11.2 Å². The molecule has 0 bridgehead atoms. The molecule has 268 valence electrons. The lowest BCUT2D eigenvalue weighted by Gasteiger charge is -2.33. The van der Waals surface area contributed by atoms with Crippen molar-refractivity contribution in [3.63, 3.8) is 0 Å². The third-order valence-corrected chi connectivity index (χ3v) is 11.4. The van der Waals surface area contributed by atoms with Gasteiger partial charge in [0.25, 0.3) is 0 Å². The van der Waals surface area contributed by atoms with Crippen LogP contribution in [0.2, 0.25) is 0 Å². The van der Waals surface area contributed by atoms with Crippen LogP contribution < -0.4 is 0 Å². The van der Waals surface area contributed by atoms with Crippen LogP contribution in [-0.4, -0.2) is 15.0 Å². The van der Waals surface area contributed by atoms with Gasteiger partial charge in [-0.1, -0.05) is 182 Å². The fraction of sp³-hybridized carbons (Fsp3) is 0.0377. The van der Waals surface area contributed by atoms with Crippen LogP contribution >= 0.6 is 0 Å². The topological polar surface area (TPSA) is 51.8 Å². The number of allylic oxidation sites excluding steroid dienone is 5. The van der Waals surface area contributed by atoms with Crippen LogP contribution in [-0.2, 0) is 0 Å². The Morgan fingerprint density at radius 1 is 0.404 bits per heavy atom. The molecular formula is C53H35N3O. The quantitative estimate of drug-likeness (QED) is 0.171. The second kappa shape index (κ2) is 13.7. The third kappa shape index (κ3) is 5.73. The third-order valence-electron chi connectivity index (χ3n) is 11.4. The molecule has 9 aromatic rings. The fourth-order valence-electron chi connectivity index (χ4n) is 8.72. The summed E-state index contributed by atoms with van der Waals surface area (Å²) in [7, 11) is 0. The molecular weight excluding hydrogens is 695 g/mol. The number of benzene rings is 7. The van der Waals surface area contributed by atoms with Crippen molar-refractivity contribution in [2.75, 3.05) is 0 Å². The summed E-state index contributed by atoms with van der Waals surface area (Å²) in [4.78, 5) is 15.1. The molecule has 57 heavy (non-hydrogen) atoms. The molecule has 0 saturated heterocycles. The van der Waals surface area contributed by atoms with Gasteiger partial charge in [-0.2, -0.15) is 0 Å². The summed E-state index contributed by atoms with van der Waals surface area (Å²) in [5.74, 6) is 2.41. The zero-order chi connectivity index (χ0) is 37.7. The Hall–Kier alpha value is -7.43. The van der Waals surface area contributed by atoms with Crippen LogP contribution in [0.15, 0.2) is 199 Å². The van der Waals surface area contributed by atoms with Gasteiger partial charge in [0.15, 0.2) is 17.5 Å². The molecule has 0 radical (unpaired) electrons. The first-order valence-corrected chi connectivity index (χ1v) is 19.4. The van der Waals surface area contributed by atoms with E-state index in [0.717, 1.165) is 49.8 Å². The van der Waals surface area contributed by atoms with Gasteiger partial charge in [-0.05, 0) is 62.7 Å². The first-order chi connectivity index (χ1) is 28.3. The summed E-state index contributed by atoms with van der Waals surface area (Å²) in [5.41, 5.74) is 14.3. The normalized spacial score (nSPS) is 15.7. The molecule has 4 nitrogen and oxygen atoms in total. The molecule has 0 fully saturated rings. The summed E-state index contributed by atoms with van der Waals surface area (Å²) >= 11 is 0. The molecule has 2 aliphatic carbocycles. The minimum absolute atomic E-state index is 0.255. The summed E-state index contributed by atoms with van der Waals surface area (Å²) in [5, 5.41) is 1.99. The van der Waals surface area contributed by atoms with Gasteiger partial charge in [-0.3, -0.25) is 0 Å². The fourth-order valence-corrected chi connectivity index (χ4v) is 8.72. The minimum atomic E-state index is 0.255. The van der Waals surface area contributed by atoms with Crippen LogP contribution in [0.3, 0.4) is 0 Å². The van der Waals surface area contributed by atoms with E-state index in [9.17, 15) is 0 Å². The molecule has 2 atom stereocenters. The van der Waals surface area contributed by atoms with E-state index in [0.29, 0.717) is 23.4 Å². The Balaban J connectivity index is 1.07. The molecule has 7 aromatic carbocycles. The van der Waals surface area contributed by atoms with Crippen LogP contribution in [0.1, 0.15) is 22.6 Å². The second-order valence-corrected chi connectivity index (χ2v) is 14.7. The SMILES string of the molecule is C1=CC2C(c3ccccc3-c3ccccc3-c3ccc4oc5cccc(-c6nc(-c7ccccc7)nc(-c7ccccc7)n6)c5c4c3)=Cc3ccccc3C2C=C1. The number of rotatable bonds is 6. The maximum Gasteiger partial charge on any atom is 0.164 e. The summed E-state index contributed by atoms with van der Waals surface area (Å²) in [6, 6.07) is 59.3. The highest BCUT2D eigenvalue weighted by molar-refractivity contribution is 6.13. The molecule has 2 unspecified atom stereocenters. The van der Waals surface area contributed by atoms with Gasteiger partial charge >= 0.3 is 0 Å². The molecule has 0 saturated carbocycles. The van der Waals surface area contributed by atoms with Gasteiger partial charge in [0.2, 0.25) is 0 Å². The van der Waals surface area contributed by atoms with Crippen molar-refractivity contribution in [3.05, 3.63) is 211 Å². The molecule has 11 rings (SSSR count). The standard InChI is InChI=1S/C53H35N3O/c1-3-16-34(17-4-1)51-54-52(35-18-5-2-6-19-35)56-53(55-51)45-28-15-29-49-50(45)47-33-37(30-31-48(47)57-49)39-22-9-10-23-40(39)42-25-12-14-27-44(42)46-32-36-20-7-8-21-38(36)41-24-11-13-26-43(41)46/h1-33,41,43H. The molecule has 4 heteroatoms. The predicted molar refractivity (Wildman–Crippen MR) is 233 cm³/mol. The first-order valence-electron chi connectivity index (χ1n) is 19.4. The lowest BCUT2D eigenvalue weighted by atomic mass is 9.70. The maximum atomic E-state index is 6.54. The van der Waals surface area contributed by atoms with Gasteiger partial charge in [0, 0.05) is 39.3 Å². The lowest BCUT2D eigenvalue weighted by molar-refractivity contribution is 0.669. The van der Waals surface area contributed by atoms with Gasteiger partial charge in [-0.15, -0.1) is 0 Å². The Morgan fingerprint density at radius 3 is 1.72 bits per heavy atom. The predicted octanol–water partition coefficient (Wildman–Crippen LogP) is 13.5. The molecule has 2 aromatic heterocycles. The summed E-state index contributed by atoms with van der Waals surface area (Å²) < 4.78 is 6.54. The maximum absolute atomic E-state index is 6.54. The Labute approximate surface area is 330 Å². The van der Waals surface area contributed by atoms with E-state index in [1.54, 1.807) is 0 Å². The van der Waals surface area contributed by atoms with Crippen LogP contribution in [0.5, 0.6) is 0 Å². The largest absolute Gasteiger partial charge is 0.456 e. The van der Waals surface area contributed by atoms with E-state index in [1.165, 1.54) is 33.4 Å². The van der Waals surface area contributed by atoms with E-state index in [4.69, 9.17) is 19.4 Å². The Morgan fingerprint density at radius 2 is 0.982 bits per heavy atom. The average molecular weight is 730 g/mol. The van der Waals surface area contributed by atoms with Crippen molar-refractivity contribution < 1.29 is 4.42 Å². The van der Waals surface area contributed by atoms with E-state index < -0.39 is 0 Å². The minimum Gasteiger partial charge on any atom is -0.456 e. The van der Waals surface area contributed by atoms with Crippen molar-refractivity contribution >= 4 is 33.6 Å². The number of nitrogens with zero attached hydrogens (tertiary/aromatic N) is 3. The summed E-state index contributed by atoms with van der Waals surface area (Å²) in [6.07, 6.45) is 11.5. The average Bonchev–Trinajstić information content (AvgIpc) is 3.67. The molecule has 0 aliphatic heterocycles. The lowest BCUT2D eigenvalue weighted by Crippen LogP contribution is -2.18. The van der Waals surface area contributed by atoms with Crippen molar-refractivity contribution in [2.24, 2.45) is 5.92 Å². The zero-order valence-electron chi connectivity index (χ0n) is 31.0. The van der Waals surface area contributed by atoms with Gasteiger partial charge < -0.3 is 4.42 Å². The highest BCUT2D eigenvalue weighted by Crippen LogP contribution is 2.49. The first kappa shape index (κ1) is 33.0. The second-order valence-electron chi connectivity index (χ2n) is 14.7. The van der Waals surface area contributed by atoms with Crippen LogP contribution in [0.25, 0.3) is 90.0 Å². The van der Waals surface area contributed by atoms with E-state index in [1.807, 2.05) is 72.8 Å². The van der Waals surface area contributed by atoms with Crippen LogP contribution in [0, 0.1) is 5.92 Å². The molecule has 2 aliphatic rings. The van der Waals surface area contributed by atoms with Crippen molar-refractivity contribution in [1.82, 2.24) is 15.0 Å². The van der Waals surface area contributed by atoms with Crippen molar-refractivity contribution in [3.8, 4) is 56.4 Å². The number of furan rings is 1. The molecule has 0 amide bonds.